The fraction of sp³-hybridized carbons (Fsp3) is 0.273. The van der Waals surface area contributed by atoms with Crippen LogP contribution in [0.1, 0.15) is 17.9 Å². The largest absolute Gasteiger partial charge is 0.481 e. The van der Waals surface area contributed by atoms with Crippen LogP contribution in [0, 0.1) is 11.6 Å². The lowest BCUT2D eigenvalue weighted by Crippen LogP contribution is -2.36. The summed E-state index contributed by atoms with van der Waals surface area (Å²) in [5.74, 6) is -4.75. The Hall–Kier alpha value is -1.98. The van der Waals surface area contributed by atoms with E-state index in [4.69, 9.17) is 5.11 Å². The van der Waals surface area contributed by atoms with Gasteiger partial charge in [-0.25, -0.2) is 8.78 Å². The lowest BCUT2D eigenvalue weighted by atomic mass is 9.89. The molecule has 1 amide bonds. The molecule has 0 unspecified atom stereocenters. The van der Waals surface area contributed by atoms with E-state index >= 15 is 0 Å². The molecule has 0 saturated carbocycles. The first-order valence-electron chi connectivity index (χ1n) is 4.90. The number of hydrogen-bond donors (Lipinski definition) is 1. The Morgan fingerprint density at radius 3 is 2.71 bits per heavy atom. The number of carboxylic acids is 1. The molecule has 17 heavy (non-hydrogen) atoms. The quantitative estimate of drug-likeness (QED) is 0.810. The van der Waals surface area contributed by atoms with E-state index in [-0.39, 0.29) is 17.7 Å². The zero-order valence-corrected chi connectivity index (χ0v) is 8.91. The number of amides is 1. The minimum atomic E-state index is -1.27. The van der Waals surface area contributed by atoms with Gasteiger partial charge in [-0.1, -0.05) is 0 Å². The Morgan fingerprint density at radius 2 is 2.12 bits per heavy atom. The third kappa shape index (κ3) is 1.75. The van der Waals surface area contributed by atoms with Crippen LogP contribution >= 0.6 is 0 Å². The molecule has 0 bridgehead atoms. The normalized spacial score (nSPS) is 19.1. The summed E-state index contributed by atoms with van der Waals surface area (Å²) in [6.45, 7) is 0. The maximum atomic E-state index is 13.6. The van der Waals surface area contributed by atoms with Crippen LogP contribution in [0.25, 0.3) is 0 Å². The Balaban J connectivity index is 2.68. The number of benzene rings is 1. The summed E-state index contributed by atoms with van der Waals surface area (Å²) in [7, 11) is 1.33. The Morgan fingerprint density at radius 1 is 1.47 bits per heavy atom. The van der Waals surface area contributed by atoms with Crippen molar-refractivity contribution in [3.05, 3.63) is 29.3 Å². The highest BCUT2D eigenvalue weighted by Gasteiger charge is 2.36. The van der Waals surface area contributed by atoms with Crippen molar-refractivity contribution < 1.29 is 23.5 Å². The SMILES string of the molecule is CN1C(=O)C[C@H](C(=O)O)c2cc(F)cc(F)c21. The molecule has 0 fully saturated rings. The topological polar surface area (TPSA) is 57.6 Å². The van der Waals surface area contributed by atoms with E-state index in [1.165, 1.54) is 7.05 Å². The first-order valence-corrected chi connectivity index (χ1v) is 4.90. The molecule has 0 spiro atoms. The molecule has 1 N–H and O–H groups in total. The minimum Gasteiger partial charge on any atom is -0.481 e. The molecule has 1 heterocycles. The number of aliphatic carboxylic acids is 1. The molecule has 0 aliphatic carbocycles. The summed E-state index contributed by atoms with van der Waals surface area (Å²) in [5.41, 5.74) is -0.160. The monoisotopic (exact) mass is 241 g/mol. The zero-order chi connectivity index (χ0) is 12.7. The van der Waals surface area contributed by atoms with Crippen LogP contribution in [0.4, 0.5) is 14.5 Å². The Kier molecular flexibility index (Phi) is 2.57. The van der Waals surface area contributed by atoms with E-state index in [1.807, 2.05) is 0 Å². The maximum Gasteiger partial charge on any atom is 0.311 e. The van der Waals surface area contributed by atoms with E-state index < -0.39 is 29.4 Å². The van der Waals surface area contributed by atoms with Crippen molar-refractivity contribution in [2.24, 2.45) is 0 Å². The minimum absolute atomic E-state index is 0.00269. The van der Waals surface area contributed by atoms with E-state index in [2.05, 4.69) is 0 Å². The number of halogens is 2. The van der Waals surface area contributed by atoms with Crippen molar-refractivity contribution in [3.63, 3.8) is 0 Å². The summed E-state index contributed by atoms with van der Waals surface area (Å²) in [6.07, 6.45) is -0.290. The zero-order valence-electron chi connectivity index (χ0n) is 8.91. The summed E-state index contributed by atoms with van der Waals surface area (Å²) in [4.78, 5) is 23.5. The van der Waals surface area contributed by atoms with Crippen molar-refractivity contribution in [3.8, 4) is 0 Å². The molecule has 0 saturated heterocycles. The summed E-state index contributed by atoms with van der Waals surface area (Å²) in [6, 6.07) is 1.59. The van der Waals surface area contributed by atoms with Crippen LogP contribution in [0.15, 0.2) is 12.1 Å². The second-order valence-corrected chi connectivity index (χ2v) is 3.87. The Labute approximate surface area is 95.5 Å². The van der Waals surface area contributed by atoms with E-state index in [0.717, 1.165) is 11.0 Å². The standard InChI is InChI=1S/C11H9F2NO3/c1-14-9(15)4-7(11(16)17)6-2-5(12)3-8(13)10(6)14/h2-3,7H,4H2,1H3,(H,16,17)/t7-/m0/s1. The molecular formula is C11H9F2NO3. The molecule has 1 atom stereocenters. The number of hydrogen-bond acceptors (Lipinski definition) is 2. The third-order valence-corrected chi connectivity index (χ3v) is 2.82. The van der Waals surface area contributed by atoms with Gasteiger partial charge in [0.15, 0.2) is 0 Å². The van der Waals surface area contributed by atoms with Crippen LogP contribution in [0.5, 0.6) is 0 Å². The van der Waals surface area contributed by atoms with E-state index in [9.17, 15) is 18.4 Å². The fourth-order valence-electron chi connectivity index (χ4n) is 1.97. The third-order valence-electron chi connectivity index (χ3n) is 2.82. The van der Waals surface area contributed by atoms with Gasteiger partial charge in [-0.3, -0.25) is 9.59 Å². The number of carbonyl (C=O) groups is 2. The molecule has 1 aromatic carbocycles. The summed E-state index contributed by atoms with van der Waals surface area (Å²) >= 11 is 0. The lowest BCUT2D eigenvalue weighted by Gasteiger charge is -2.29. The second kappa shape index (κ2) is 3.80. The van der Waals surface area contributed by atoms with Gasteiger partial charge in [-0.15, -0.1) is 0 Å². The Bertz CT molecular complexity index is 516. The van der Waals surface area contributed by atoms with Gasteiger partial charge in [-0.05, 0) is 11.6 Å². The van der Waals surface area contributed by atoms with Gasteiger partial charge in [-0.2, -0.15) is 0 Å². The van der Waals surface area contributed by atoms with Crippen molar-refractivity contribution in [1.82, 2.24) is 0 Å². The number of anilines is 1. The van der Waals surface area contributed by atoms with Crippen LogP contribution in [-0.2, 0) is 9.59 Å². The number of carboxylic acid groups (broad SMARTS) is 1. The molecule has 0 aromatic heterocycles. The summed E-state index contributed by atoms with van der Waals surface area (Å²) < 4.78 is 26.6. The van der Waals surface area contributed by atoms with Gasteiger partial charge in [0.2, 0.25) is 5.91 Å². The molecule has 0 radical (unpaired) electrons. The highest BCUT2D eigenvalue weighted by Crippen LogP contribution is 2.37. The van der Waals surface area contributed by atoms with Crippen molar-refractivity contribution in [2.75, 3.05) is 11.9 Å². The average Bonchev–Trinajstić information content (AvgIpc) is 2.21. The first-order chi connectivity index (χ1) is 7.91. The van der Waals surface area contributed by atoms with Crippen LogP contribution in [-0.4, -0.2) is 24.0 Å². The molecule has 4 nitrogen and oxygen atoms in total. The highest BCUT2D eigenvalue weighted by atomic mass is 19.1. The smallest absolute Gasteiger partial charge is 0.311 e. The molecule has 1 aliphatic rings. The summed E-state index contributed by atoms with van der Waals surface area (Å²) in [5, 5.41) is 8.96. The number of carbonyl (C=O) groups excluding carboxylic acids is 1. The van der Waals surface area contributed by atoms with Gasteiger partial charge in [0.1, 0.15) is 11.6 Å². The van der Waals surface area contributed by atoms with Gasteiger partial charge in [0, 0.05) is 19.5 Å². The van der Waals surface area contributed by atoms with Gasteiger partial charge < -0.3 is 10.0 Å². The van der Waals surface area contributed by atoms with Gasteiger partial charge in [0.05, 0.1) is 11.6 Å². The number of nitrogens with zero attached hydrogens (tertiary/aromatic N) is 1. The van der Waals surface area contributed by atoms with Crippen LogP contribution < -0.4 is 4.90 Å². The van der Waals surface area contributed by atoms with Crippen molar-refractivity contribution in [2.45, 2.75) is 12.3 Å². The van der Waals surface area contributed by atoms with Crippen LogP contribution in [0.2, 0.25) is 0 Å². The van der Waals surface area contributed by atoms with Gasteiger partial charge >= 0.3 is 5.97 Å². The second-order valence-electron chi connectivity index (χ2n) is 3.87. The van der Waals surface area contributed by atoms with E-state index in [1.54, 1.807) is 0 Å². The van der Waals surface area contributed by atoms with Crippen molar-refractivity contribution >= 4 is 17.6 Å². The highest BCUT2D eigenvalue weighted by molar-refractivity contribution is 6.01. The van der Waals surface area contributed by atoms with Crippen LogP contribution in [0.3, 0.4) is 0 Å². The molecule has 1 aliphatic heterocycles. The lowest BCUT2D eigenvalue weighted by molar-refractivity contribution is -0.140. The molecule has 6 heteroatoms. The molecular weight excluding hydrogens is 232 g/mol. The number of rotatable bonds is 1. The van der Waals surface area contributed by atoms with Gasteiger partial charge in [0.25, 0.3) is 0 Å². The fourth-order valence-corrected chi connectivity index (χ4v) is 1.97. The first kappa shape index (κ1) is 11.5. The molecule has 90 valence electrons. The number of fused-ring (bicyclic) bond motifs is 1. The maximum absolute atomic E-state index is 13.6. The molecule has 2 rings (SSSR count). The average molecular weight is 241 g/mol. The molecule has 1 aromatic rings. The predicted molar refractivity (Wildman–Crippen MR) is 54.8 cm³/mol. The van der Waals surface area contributed by atoms with Crippen molar-refractivity contribution in [1.29, 1.82) is 0 Å². The predicted octanol–water partition coefficient (Wildman–Crippen LogP) is 1.50. The van der Waals surface area contributed by atoms with E-state index in [0.29, 0.717) is 6.07 Å².